The molecule has 0 amide bonds. The number of hydrogen-bond donors (Lipinski definition) is 2. The van der Waals surface area contributed by atoms with Gasteiger partial charge in [0.05, 0.1) is 6.61 Å². The molecule has 1 fully saturated rings. The van der Waals surface area contributed by atoms with Crippen molar-refractivity contribution in [3.63, 3.8) is 0 Å². The van der Waals surface area contributed by atoms with Crippen molar-refractivity contribution in [2.24, 2.45) is 0 Å². The van der Waals surface area contributed by atoms with Crippen LogP contribution in [0.15, 0.2) is 24.3 Å². The highest BCUT2D eigenvalue weighted by molar-refractivity contribution is 7.87. The molecule has 2 N–H and O–H groups in total. The van der Waals surface area contributed by atoms with Gasteiger partial charge in [0.15, 0.2) is 0 Å². The van der Waals surface area contributed by atoms with Crippen LogP contribution in [0.2, 0.25) is 0 Å². The molecular formula is C16H27N3O3S. The zero-order chi connectivity index (χ0) is 16.9. The summed E-state index contributed by atoms with van der Waals surface area (Å²) >= 11 is 0. The van der Waals surface area contributed by atoms with Crippen LogP contribution < -0.4 is 4.72 Å². The largest absolute Gasteiger partial charge is 0.395 e. The lowest BCUT2D eigenvalue weighted by atomic mass is 10.1. The minimum absolute atomic E-state index is 0.177. The van der Waals surface area contributed by atoms with Gasteiger partial charge in [-0.3, -0.25) is 4.90 Å². The van der Waals surface area contributed by atoms with Gasteiger partial charge in [-0.05, 0) is 30.5 Å². The second-order valence-electron chi connectivity index (χ2n) is 5.96. The van der Waals surface area contributed by atoms with Crippen LogP contribution in [0.3, 0.4) is 0 Å². The summed E-state index contributed by atoms with van der Waals surface area (Å²) in [4.78, 5) is 2.27. The van der Waals surface area contributed by atoms with E-state index >= 15 is 0 Å². The minimum Gasteiger partial charge on any atom is -0.395 e. The van der Waals surface area contributed by atoms with Crippen LogP contribution in [0.5, 0.6) is 0 Å². The maximum Gasteiger partial charge on any atom is 0.279 e. The lowest BCUT2D eigenvalue weighted by Crippen LogP contribution is -2.38. The Hall–Kier alpha value is -0.990. The van der Waals surface area contributed by atoms with Crippen molar-refractivity contribution >= 4 is 10.2 Å². The van der Waals surface area contributed by atoms with Crippen LogP contribution in [-0.2, 0) is 23.3 Å². The van der Waals surface area contributed by atoms with E-state index in [-0.39, 0.29) is 19.2 Å². The number of aliphatic hydroxyl groups excluding tert-OH is 1. The first-order valence-corrected chi connectivity index (χ1v) is 9.54. The summed E-state index contributed by atoms with van der Waals surface area (Å²) in [5, 5.41) is 9.44. The highest BCUT2D eigenvalue weighted by Crippen LogP contribution is 2.21. The fraction of sp³-hybridized carbons (Fsp3) is 0.625. The van der Waals surface area contributed by atoms with E-state index in [9.17, 15) is 13.5 Å². The molecule has 130 valence electrons. The number of hydrogen-bond acceptors (Lipinski definition) is 4. The van der Waals surface area contributed by atoms with Crippen LogP contribution in [0.4, 0.5) is 0 Å². The molecule has 1 atom stereocenters. The molecule has 23 heavy (non-hydrogen) atoms. The minimum atomic E-state index is -3.44. The first-order valence-electron chi connectivity index (χ1n) is 8.10. The SMILES string of the molecule is CCN(C)S(=O)(=O)NCc1ccccc1CN1CCCC1CO. The highest BCUT2D eigenvalue weighted by Gasteiger charge is 2.24. The Bertz CT molecular complexity index is 606. The molecule has 0 spiro atoms. The molecule has 1 aliphatic heterocycles. The third-order valence-corrected chi connectivity index (χ3v) is 6.09. The van der Waals surface area contributed by atoms with Gasteiger partial charge in [-0.25, -0.2) is 0 Å². The molecule has 1 saturated heterocycles. The monoisotopic (exact) mass is 341 g/mol. The second-order valence-corrected chi connectivity index (χ2v) is 7.82. The van der Waals surface area contributed by atoms with Crippen LogP contribution >= 0.6 is 0 Å². The third-order valence-electron chi connectivity index (χ3n) is 4.50. The molecule has 1 unspecified atom stereocenters. The zero-order valence-corrected chi connectivity index (χ0v) is 14.7. The second kappa shape index (κ2) is 8.21. The molecule has 0 bridgehead atoms. The van der Waals surface area contributed by atoms with Crippen LogP contribution in [0.25, 0.3) is 0 Å². The van der Waals surface area contributed by atoms with Crippen LogP contribution in [-0.4, -0.2) is 55.5 Å². The van der Waals surface area contributed by atoms with Gasteiger partial charge in [-0.15, -0.1) is 0 Å². The van der Waals surface area contributed by atoms with Gasteiger partial charge in [0.1, 0.15) is 0 Å². The standard InChI is InChI=1S/C16H27N3O3S/c1-3-18(2)23(21,22)17-11-14-7-4-5-8-15(14)12-19-10-6-9-16(19)13-20/h4-5,7-8,16-17,20H,3,6,9-13H2,1-2H3. The molecule has 1 heterocycles. The van der Waals surface area contributed by atoms with E-state index in [0.717, 1.165) is 37.1 Å². The van der Waals surface area contributed by atoms with Crippen molar-refractivity contribution in [2.75, 3.05) is 26.7 Å². The number of nitrogens with one attached hydrogen (secondary N) is 1. The van der Waals surface area contributed by atoms with E-state index < -0.39 is 10.2 Å². The topological polar surface area (TPSA) is 72.9 Å². The van der Waals surface area contributed by atoms with Crippen molar-refractivity contribution < 1.29 is 13.5 Å². The molecule has 0 aliphatic carbocycles. The molecule has 1 aromatic rings. The van der Waals surface area contributed by atoms with E-state index in [1.54, 1.807) is 14.0 Å². The van der Waals surface area contributed by atoms with Gasteiger partial charge in [0, 0.05) is 32.7 Å². The van der Waals surface area contributed by atoms with Gasteiger partial charge < -0.3 is 5.11 Å². The summed E-state index contributed by atoms with van der Waals surface area (Å²) in [6.07, 6.45) is 2.12. The van der Waals surface area contributed by atoms with Crippen LogP contribution in [0.1, 0.15) is 30.9 Å². The molecule has 6 nitrogen and oxygen atoms in total. The molecule has 1 aliphatic rings. The predicted molar refractivity (Wildman–Crippen MR) is 91.0 cm³/mol. The first kappa shape index (κ1) is 18.4. The Morgan fingerprint density at radius 3 is 2.70 bits per heavy atom. The predicted octanol–water partition coefficient (Wildman–Crippen LogP) is 0.929. The Morgan fingerprint density at radius 1 is 1.35 bits per heavy atom. The number of nitrogens with zero attached hydrogens (tertiary/aromatic N) is 2. The molecule has 7 heteroatoms. The van der Waals surface area contributed by atoms with Crippen molar-refractivity contribution in [1.29, 1.82) is 0 Å². The van der Waals surface area contributed by atoms with Gasteiger partial charge in [0.25, 0.3) is 10.2 Å². The van der Waals surface area contributed by atoms with Gasteiger partial charge in [0.2, 0.25) is 0 Å². The molecule has 0 radical (unpaired) electrons. The molecule has 0 aromatic heterocycles. The summed E-state index contributed by atoms with van der Waals surface area (Å²) in [5.41, 5.74) is 2.08. The lowest BCUT2D eigenvalue weighted by molar-refractivity contribution is 0.153. The maximum absolute atomic E-state index is 12.1. The fourth-order valence-electron chi connectivity index (χ4n) is 2.86. The molecule has 2 rings (SSSR count). The van der Waals surface area contributed by atoms with Crippen molar-refractivity contribution in [2.45, 2.75) is 38.9 Å². The summed E-state index contributed by atoms with van der Waals surface area (Å²) in [5.74, 6) is 0. The summed E-state index contributed by atoms with van der Waals surface area (Å²) < 4.78 is 28.1. The molecular weight excluding hydrogens is 314 g/mol. The first-order chi connectivity index (χ1) is 11.0. The van der Waals surface area contributed by atoms with E-state index in [1.807, 2.05) is 24.3 Å². The summed E-state index contributed by atoms with van der Waals surface area (Å²) in [6, 6.07) is 8.08. The Kier molecular flexibility index (Phi) is 6.55. The Balaban J connectivity index is 2.06. The number of benzene rings is 1. The van der Waals surface area contributed by atoms with E-state index in [0.29, 0.717) is 6.54 Å². The van der Waals surface area contributed by atoms with E-state index in [1.165, 1.54) is 4.31 Å². The van der Waals surface area contributed by atoms with Gasteiger partial charge >= 0.3 is 0 Å². The van der Waals surface area contributed by atoms with Crippen molar-refractivity contribution in [1.82, 2.24) is 13.9 Å². The number of aliphatic hydroxyl groups is 1. The number of likely N-dealkylation sites (tertiary alicyclic amines) is 1. The lowest BCUT2D eigenvalue weighted by Gasteiger charge is -2.24. The average Bonchev–Trinajstić information content (AvgIpc) is 3.00. The summed E-state index contributed by atoms with van der Waals surface area (Å²) in [6.45, 7) is 4.41. The smallest absolute Gasteiger partial charge is 0.279 e. The molecule has 0 saturated carbocycles. The fourth-order valence-corrected chi connectivity index (χ4v) is 3.76. The van der Waals surface area contributed by atoms with Gasteiger partial charge in [-0.2, -0.15) is 17.4 Å². The van der Waals surface area contributed by atoms with E-state index in [2.05, 4.69) is 9.62 Å². The Labute approximate surface area is 139 Å². The highest BCUT2D eigenvalue weighted by atomic mass is 32.2. The Morgan fingerprint density at radius 2 is 2.04 bits per heavy atom. The van der Waals surface area contributed by atoms with E-state index in [4.69, 9.17) is 0 Å². The number of rotatable bonds is 8. The summed E-state index contributed by atoms with van der Waals surface area (Å²) in [7, 11) is -1.88. The zero-order valence-electron chi connectivity index (χ0n) is 13.9. The van der Waals surface area contributed by atoms with Crippen molar-refractivity contribution in [3.8, 4) is 0 Å². The maximum atomic E-state index is 12.1. The third kappa shape index (κ3) is 4.74. The van der Waals surface area contributed by atoms with Crippen LogP contribution in [0, 0.1) is 0 Å². The average molecular weight is 341 g/mol. The molecule has 1 aromatic carbocycles. The normalized spacial score (nSPS) is 19.6. The van der Waals surface area contributed by atoms with Crippen molar-refractivity contribution in [3.05, 3.63) is 35.4 Å². The van der Waals surface area contributed by atoms with Gasteiger partial charge in [-0.1, -0.05) is 31.2 Å². The quantitative estimate of drug-likeness (QED) is 0.738.